The van der Waals surface area contributed by atoms with E-state index in [4.69, 9.17) is 0 Å². The van der Waals surface area contributed by atoms with E-state index in [1.165, 1.54) is 5.57 Å². The minimum atomic E-state index is 0.843. The van der Waals surface area contributed by atoms with Gasteiger partial charge in [-0.25, -0.2) is 9.97 Å². The molecule has 1 heterocycles. The van der Waals surface area contributed by atoms with Crippen molar-refractivity contribution in [1.82, 2.24) is 9.97 Å². The standard InChI is InChI=1S/C9H12N2S/c1-8(2)4-7-12-9-10-5-3-6-11-9/h3-6H,7H2,1-2H3. The third kappa shape index (κ3) is 3.53. The number of hydrogen-bond acceptors (Lipinski definition) is 3. The minimum Gasteiger partial charge on any atom is -0.231 e. The Morgan fingerprint density at radius 1 is 1.42 bits per heavy atom. The largest absolute Gasteiger partial charge is 0.231 e. The Kier molecular flexibility index (Phi) is 3.80. The first-order valence-corrected chi connectivity index (χ1v) is 4.81. The van der Waals surface area contributed by atoms with Gasteiger partial charge in [0, 0.05) is 18.1 Å². The maximum atomic E-state index is 4.10. The van der Waals surface area contributed by atoms with Crippen LogP contribution in [0.3, 0.4) is 0 Å². The van der Waals surface area contributed by atoms with E-state index >= 15 is 0 Å². The predicted octanol–water partition coefficient (Wildman–Crippen LogP) is 2.53. The van der Waals surface area contributed by atoms with Crippen LogP contribution in [0.25, 0.3) is 0 Å². The van der Waals surface area contributed by atoms with Crippen LogP contribution in [0.15, 0.2) is 35.3 Å². The van der Waals surface area contributed by atoms with Crippen LogP contribution in [0.5, 0.6) is 0 Å². The third-order valence-corrected chi connectivity index (χ3v) is 2.05. The van der Waals surface area contributed by atoms with Gasteiger partial charge in [-0.05, 0) is 19.9 Å². The molecule has 0 aromatic carbocycles. The lowest BCUT2D eigenvalue weighted by Gasteiger charge is -1.94. The smallest absolute Gasteiger partial charge is 0.187 e. The summed E-state index contributed by atoms with van der Waals surface area (Å²) in [5.74, 6) is 0.951. The van der Waals surface area contributed by atoms with E-state index in [9.17, 15) is 0 Å². The highest BCUT2D eigenvalue weighted by atomic mass is 32.2. The molecule has 3 heteroatoms. The van der Waals surface area contributed by atoms with Gasteiger partial charge in [0.15, 0.2) is 5.16 Å². The Bertz CT molecular complexity index is 252. The molecule has 0 saturated carbocycles. The number of aromatic nitrogens is 2. The molecule has 1 rings (SSSR count). The average Bonchev–Trinajstić information content (AvgIpc) is 2.05. The average molecular weight is 180 g/mol. The lowest BCUT2D eigenvalue weighted by molar-refractivity contribution is 0.969. The van der Waals surface area contributed by atoms with Crippen LogP contribution in [0.1, 0.15) is 13.8 Å². The van der Waals surface area contributed by atoms with Gasteiger partial charge in [-0.2, -0.15) is 0 Å². The maximum absolute atomic E-state index is 4.10. The molecule has 0 amide bonds. The molecule has 2 nitrogen and oxygen atoms in total. The number of allylic oxidation sites excluding steroid dienone is 1. The summed E-state index contributed by atoms with van der Waals surface area (Å²) in [4.78, 5) is 8.20. The number of thioether (sulfide) groups is 1. The van der Waals surface area contributed by atoms with Gasteiger partial charge in [0.2, 0.25) is 0 Å². The van der Waals surface area contributed by atoms with Gasteiger partial charge in [-0.15, -0.1) is 0 Å². The van der Waals surface area contributed by atoms with Gasteiger partial charge in [0.05, 0.1) is 0 Å². The highest BCUT2D eigenvalue weighted by Crippen LogP contribution is 2.11. The molecule has 12 heavy (non-hydrogen) atoms. The minimum absolute atomic E-state index is 0.843. The summed E-state index contributed by atoms with van der Waals surface area (Å²) in [6, 6.07) is 1.82. The van der Waals surface area contributed by atoms with E-state index in [0.717, 1.165) is 10.9 Å². The molecular weight excluding hydrogens is 168 g/mol. The molecule has 64 valence electrons. The lowest BCUT2D eigenvalue weighted by Crippen LogP contribution is -1.83. The maximum Gasteiger partial charge on any atom is 0.187 e. The second-order valence-electron chi connectivity index (χ2n) is 2.62. The number of rotatable bonds is 3. The Hall–Kier alpha value is -0.830. The number of hydrogen-bond donors (Lipinski definition) is 0. The van der Waals surface area contributed by atoms with Crippen LogP contribution in [0, 0.1) is 0 Å². The van der Waals surface area contributed by atoms with Gasteiger partial charge >= 0.3 is 0 Å². The summed E-state index contributed by atoms with van der Waals surface area (Å²) in [5, 5.41) is 0.843. The molecular formula is C9H12N2S. The van der Waals surface area contributed by atoms with Gasteiger partial charge < -0.3 is 0 Å². The van der Waals surface area contributed by atoms with Crippen LogP contribution < -0.4 is 0 Å². The quantitative estimate of drug-likeness (QED) is 0.406. The number of nitrogens with zero attached hydrogens (tertiary/aromatic N) is 2. The van der Waals surface area contributed by atoms with E-state index in [1.54, 1.807) is 24.2 Å². The highest BCUT2D eigenvalue weighted by molar-refractivity contribution is 7.99. The second kappa shape index (κ2) is 4.93. The molecule has 0 aliphatic heterocycles. The third-order valence-electron chi connectivity index (χ3n) is 1.25. The van der Waals surface area contributed by atoms with Crippen molar-refractivity contribution in [3.63, 3.8) is 0 Å². The molecule has 0 aliphatic carbocycles. The van der Waals surface area contributed by atoms with E-state index in [0.29, 0.717) is 0 Å². The first-order valence-electron chi connectivity index (χ1n) is 3.82. The molecule has 0 atom stereocenters. The van der Waals surface area contributed by atoms with Crippen LogP contribution in [0.4, 0.5) is 0 Å². The molecule has 0 unspecified atom stereocenters. The van der Waals surface area contributed by atoms with Gasteiger partial charge in [0.1, 0.15) is 0 Å². The summed E-state index contributed by atoms with van der Waals surface area (Å²) in [6.07, 6.45) is 5.69. The van der Waals surface area contributed by atoms with E-state index in [-0.39, 0.29) is 0 Å². The van der Waals surface area contributed by atoms with Crippen molar-refractivity contribution < 1.29 is 0 Å². The lowest BCUT2D eigenvalue weighted by atomic mass is 10.3. The first-order chi connectivity index (χ1) is 5.79. The molecule has 0 bridgehead atoms. The van der Waals surface area contributed by atoms with Crippen molar-refractivity contribution in [2.24, 2.45) is 0 Å². The van der Waals surface area contributed by atoms with Gasteiger partial charge in [0.25, 0.3) is 0 Å². The van der Waals surface area contributed by atoms with E-state index in [2.05, 4.69) is 29.9 Å². The summed E-state index contributed by atoms with van der Waals surface area (Å²) < 4.78 is 0. The summed E-state index contributed by atoms with van der Waals surface area (Å²) in [5.41, 5.74) is 1.33. The second-order valence-corrected chi connectivity index (χ2v) is 3.61. The molecule has 0 saturated heterocycles. The van der Waals surface area contributed by atoms with Crippen molar-refractivity contribution in [3.05, 3.63) is 30.1 Å². The van der Waals surface area contributed by atoms with Crippen molar-refractivity contribution in [1.29, 1.82) is 0 Å². The van der Waals surface area contributed by atoms with Crippen molar-refractivity contribution >= 4 is 11.8 Å². The Balaban J connectivity index is 2.39. The summed E-state index contributed by atoms with van der Waals surface area (Å²) >= 11 is 1.65. The fraction of sp³-hybridized carbons (Fsp3) is 0.333. The molecule has 0 aliphatic rings. The Morgan fingerprint density at radius 3 is 2.67 bits per heavy atom. The molecule has 1 aromatic rings. The zero-order valence-electron chi connectivity index (χ0n) is 7.32. The van der Waals surface area contributed by atoms with Crippen LogP contribution in [0.2, 0.25) is 0 Å². The van der Waals surface area contributed by atoms with Crippen molar-refractivity contribution in [3.8, 4) is 0 Å². The Morgan fingerprint density at radius 2 is 2.08 bits per heavy atom. The van der Waals surface area contributed by atoms with Gasteiger partial charge in [-0.1, -0.05) is 23.4 Å². The monoisotopic (exact) mass is 180 g/mol. The zero-order valence-corrected chi connectivity index (χ0v) is 8.14. The van der Waals surface area contributed by atoms with Crippen molar-refractivity contribution in [2.45, 2.75) is 19.0 Å². The highest BCUT2D eigenvalue weighted by Gasteiger charge is 1.91. The first kappa shape index (κ1) is 9.26. The zero-order chi connectivity index (χ0) is 8.81. The SMILES string of the molecule is CC(C)=CCSc1ncccn1. The normalized spacial score (nSPS) is 9.50. The fourth-order valence-electron chi connectivity index (χ4n) is 0.643. The fourth-order valence-corrected chi connectivity index (χ4v) is 1.48. The predicted molar refractivity (Wildman–Crippen MR) is 52.2 cm³/mol. The van der Waals surface area contributed by atoms with Crippen molar-refractivity contribution in [2.75, 3.05) is 5.75 Å². The Labute approximate surface area is 77.1 Å². The van der Waals surface area contributed by atoms with E-state index in [1.807, 2.05) is 6.07 Å². The molecule has 0 radical (unpaired) electrons. The van der Waals surface area contributed by atoms with Crippen LogP contribution in [-0.4, -0.2) is 15.7 Å². The molecule has 0 fully saturated rings. The van der Waals surface area contributed by atoms with E-state index < -0.39 is 0 Å². The van der Waals surface area contributed by atoms with Gasteiger partial charge in [-0.3, -0.25) is 0 Å². The molecule has 0 spiro atoms. The molecule has 1 aromatic heterocycles. The van der Waals surface area contributed by atoms with Crippen LogP contribution >= 0.6 is 11.8 Å². The van der Waals surface area contributed by atoms with Crippen LogP contribution in [-0.2, 0) is 0 Å². The topological polar surface area (TPSA) is 25.8 Å². The molecule has 0 N–H and O–H groups in total. The summed E-state index contributed by atoms with van der Waals surface area (Å²) in [6.45, 7) is 4.18. The summed E-state index contributed by atoms with van der Waals surface area (Å²) in [7, 11) is 0.